The van der Waals surface area contributed by atoms with Gasteiger partial charge in [0.05, 0.1) is 12.6 Å². The Morgan fingerprint density at radius 1 is 1.29 bits per heavy atom. The van der Waals surface area contributed by atoms with Gasteiger partial charge in [0.15, 0.2) is 5.82 Å². The van der Waals surface area contributed by atoms with E-state index in [0.717, 1.165) is 55.4 Å². The zero-order chi connectivity index (χ0) is 24.1. The minimum absolute atomic E-state index is 0.220. The molecule has 0 spiro atoms. The van der Waals surface area contributed by atoms with Gasteiger partial charge in [-0.15, -0.1) is 0 Å². The molecule has 0 saturated carbocycles. The summed E-state index contributed by atoms with van der Waals surface area (Å²) >= 11 is 0. The minimum Gasteiger partial charge on any atom is -0.491 e. The number of nitrogens with zero attached hydrogens (tertiary/aromatic N) is 4. The van der Waals surface area contributed by atoms with E-state index < -0.39 is 6.10 Å². The van der Waals surface area contributed by atoms with Crippen molar-refractivity contribution < 1.29 is 14.6 Å². The van der Waals surface area contributed by atoms with Crippen LogP contribution in [0.5, 0.6) is 5.75 Å². The van der Waals surface area contributed by atoms with Crippen molar-refractivity contribution >= 4 is 11.6 Å². The van der Waals surface area contributed by atoms with Crippen molar-refractivity contribution in [2.45, 2.75) is 38.5 Å². The Hall–Kier alpha value is -2.46. The van der Waals surface area contributed by atoms with Gasteiger partial charge in [0.1, 0.15) is 30.1 Å². The first-order valence-corrected chi connectivity index (χ1v) is 12.2. The van der Waals surface area contributed by atoms with Crippen molar-refractivity contribution in [2.75, 3.05) is 70.3 Å². The number of likely N-dealkylation sites (N-methyl/N-ethyl adjacent to an activating group) is 2. The van der Waals surface area contributed by atoms with Gasteiger partial charge in [-0.05, 0) is 46.5 Å². The Morgan fingerprint density at radius 3 is 2.88 bits per heavy atom. The molecule has 2 aliphatic heterocycles. The van der Waals surface area contributed by atoms with E-state index in [4.69, 9.17) is 19.4 Å². The maximum atomic E-state index is 9.98. The van der Waals surface area contributed by atoms with Crippen LogP contribution in [0, 0.1) is 6.92 Å². The van der Waals surface area contributed by atoms with Gasteiger partial charge < -0.3 is 35.0 Å². The highest BCUT2D eigenvalue weighted by atomic mass is 16.5. The lowest BCUT2D eigenvalue weighted by molar-refractivity contribution is 0.108. The van der Waals surface area contributed by atoms with Crippen molar-refractivity contribution in [3.63, 3.8) is 0 Å². The predicted octanol–water partition coefficient (Wildman–Crippen LogP) is 1.75. The maximum Gasteiger partial charge on any atom is 0.164 e. The zero-order valence-electron chi connectivity index (χ0n) is 20.8. The average molecular weight is 471 g/mol. The highest BCUT2D eigenvalue weighted by Gasteiger charge is 2.26. The molecule has 3 heterocycles. The molecule has 2 aliphatic rings. The molecule has 1 aromatic carbocycles. The van der Waals surface area contributed by atoms with E-state index in [0.29, 0.717) is 30.8 Å². The summed E-state index contributed by atoms with van der Waals surface area (Å²) in [6.07, 6.45) is 0.400. The standard InChI is InChI=1S/C25H38N6O3/c1-17-14-31(10-9-30(17)4)25-18(2)23(27-20-8-11-33-15-20)28-24(29-25)19-6-5-7-22(12-19)34-16-21(32)13-26-3/h5-7,12,17,20-21,26,32H,8-11,13-16H2,1-4H3,(H,27,28,29)/t17-,20-,21?/m1/s1. The summed E-state index contributed by atoms with van der Waals surface area (Å²) in [6, 6.07) is 8.47. The van der Waals surface area contributed by atoms with Crippen molar-refractivity contribution in [1.82, 2.24) is 20.2 Å². The van der Waals surface area contributed by atoms with Crippen LogP contribution in [0.3, 0.4) is 0 Å². The molecule has 1 unspecified atom stereocenters. The van der Waals surface area contributed by atoms with Crippen LogP contribution in [0.1, 0.15) is 18.9 Å². The number of aliphatic hydroxyl groups excluding tert-OH is 1. The third-order valence-electron chi connectivity index (χ3n) is 6.62. The lowest BCUT2D eigenvalue weighted by Gasteiger charge is -2.39. The van der Waals surface area contributed by atoms with E-state index in [9.17, 15) is 5.11 Å². The minimum atomic E-state index is -0.570. The van der Waals surface area contributed by atoms with Gasteiger partial charge in [-0.25, -0.2) is 9.97 Å². The van der Waals surface area contributed by atoms with Crippen LogP contribution in [-0.4, -0.2) is 98.3 Å². The molecule has 2 fully saturated rings. The van der Waals surface area contributed by atoms with Gasteiger partial charge in [-0.2, -0.15) is 0 Å². The predicted molar refractivity (Wildman–Crippen MR) is 135 cm³/mol. The first kappa shape index (κ1) is 24.7. The Balaban J connectivity index is 1.64. The van der Waals surface area contributed by atoms with Crippen LogP contribution in [0.25, 0.3) is 11.4 Å². The normalized spacial score (nSPS) is 22.1. The fraction of sp³-hybridized carbons (Fsp3) is 0.600. The van der Waals surface area contributed by atoms with E-state index in [2.05, 4.69) is 41.3 Å². The van der Waals surface area contributed by atoms with Crippen LogP contribution in [0.2, 0.25) is 0 Å². The molecule has 0 bridgehead atoms. The van der Waals surface area contributed by atoms with E-state index >= 15 is 0 Å². The molecule has 34 heavy (non-hydrogen) atoms. The van der Waals surface area contributed by atoms with Gasteiger partial charge in [-0.1, -0.05) is 12.1 Å². The van der Waals surface area contributed by atoms with Crippen molar-refractivity contribution in [2.24, 2.45) is 0 Å². The van der Waals surface area contributed by atoms with Gasteiger partial charge in [-0.3, -0.25) is 0 Å². The van der Waals surface area contributed by atoms with E-state index in [1.165, 1.54) is 0 Å². The number of aliphatic hydroxyl groups is 1. The number of hydrogen-bond donors (Lipinski definition) is 3. The average Bonchev–Trinajstić information content (AvgIpc) is 3.34. The number of hydrogen-bond acceptors (Lipinski definition) is 9. The van der Waals surface area contributed by atoms with Crippen molar-refractivity contribution in [1.29, 1.82) is 0 Å². The van der Waals surface area contributed by atoms with Crippen LogP contribution in [0.4, 0.5) is 11.6 Å². The molecular weight excluding hydrogens is 432 g/mol. The van der Waals surface area contributed by atoms with Gasteiger partial charge in [0.25, 0.3) is 0 Å². The molecule has 186 valence electrons. The second kappa shape index (κ2) is 11.3. The Bertz CT molecular complexity index is 952. The number of anilines is 2. The second-order valence-corrected chi connectivity index (χ2v) is 9.38. The quantitative estimate of drug-likeness (QED) is 0.507. The first-order chi connectivity index (χ1) is 16.4. The highest BCUT2D eigenvalue weighted by molar-refractivity contribution is 5.67. The maximum absolute atomic E-state index is 9.98. The van der Waals surface area contributed by atoms with Gasteiger partial charge in [0.2, 0.25) is 0 Å². The Kier molecular flexibility index (Phi) is 8.20. The smallest absolute Gasteiger partial charge is 0.164 e. The molecule has 0 amide bonds. The molecular formula is C25H38N6O3. The SMILES string of the molecule is CNCC(O)COc1cccc(-c2nc(N[C@@H]3CCOC3)c(C)c(N3CCN(C)[C@H](C)C3)n2)c1. The Labute approximate surface area is 202 Å². The van der Waals surface area contributed by atoms with Gasteiger partial charge >= 0.3 is 0 Å². The van der Waals surface area contributed by atoms with E-state index in [1.807, 2.05) is 24.3 Å². The molecule has 3 N–H and O–H groups in total. The lowest BCUT2D eigenvalue weighted by atomic mass is 10.1. The van der Waals surface area contributed by atoms with Crippen molar-refractivity contribution in [3.05, 3.63) is 29.8 Å². The second-order valence-electron chi connectivity index (χ2n) is 9.38. The number of nitrogens with one attached hydrogen (secondary N) is 2. The Morgan fingerprint density at radius 2 is 2.15 bits per heavy atom. The summed E-state index contributed by atoms with van der Waals surface area (Å²) in [5.74, 6) is 3.18. The molecule has 0 radical (unpaired) electrons. The fourth-order valence-electron chi connectivity index (χ4n) is 4.38. The van der Waals surface area contributed by atoms with E-state index in [-0.39, 0.29) is 12.6 Å². The summed E-state index contributed by atoms with van der Waals surface area (Å²) in [4.78, 5) is 14.7. The summed E-state index contributed by atoms with van der Waals surface area (Å²) in [5.41, 5.74) is 1.95. The largest absolute Gasteiger partial charge is 0.491 e. The first-order valence-electron chi connectivity index (χ1n) is 12.2. The monoisotopic (exact) mass is 470 g/mol. The van der Waals surface area contributed by atoms with E-state index in [1.54, 1.807) is 7.05 Å². The molecule has 2 saturated heterocycles. The third-order valence-corrected chi connectivity index (χ3v) is 6.62. The molecule has 9 nitrogen and oxygen atoms in total. The topological polar surface area (TPSA) is 95.0 Å². The number of rotatable bonds is 9. The molecule has 9 heteroatoms. The lowest BCUT2D eigenvalue weighted by Crippen LogP contribution is -2.50. The number of piperazine rings is 1. The summed E-state index contributed by atoms with van der Waals surface area (Å²) < 4.78 is 11.4. The molecule has 1 aromatic heterocycles. The zero-order valence-corrected chi connectivity index (χ0v) is 20.8. The van der Waals surface area contributed by atoms with Crippen molar-refractivity contribution in [3.8, 4) is 17.1 Å². The third kappa shape index (κ3) is 5.96. The molecule has 4 rings (SSSR count). The van der Waals surface area contributed by atoms with Crippen LogP contribution < -0.4 is 20.3 Å². The number of benzene rings is 1. The number of ether oxygens (including phenoxy) is 2. The summed E-state index contributed by atoms with van der Waals surface area (Å²) in [5, 5.41) is 16.5. The number of aromatic nitrogens is 2. The van der Waals surface area contributed by atoms with Crippen LogP contribution in [-0.2, 0) is 4.74 Å². The molecule has 3 atom stereocenters. The molecule has 0 aliphatic carbocycles. The summed E-state index contributed by atoms with van der Waals surface area (Å²) in [6.45, 7) is 9.37. The summed E-state index contributed by atoms with van der Waals surface area (Å²) in [7, 11) is 3.98. The molecule has 2 aromatic rings. The van der Waals surface area contributed by atoms with Crippen LogP contribution >= 0.6 is 0 Å². The van der Waals surface area contributed by atoms with Gasteiger partial charge in [0, 0.05) is 50.0 Å². The highest BCUT2D eigenvalue weighted by Crippen LogP contribution is 2.31. The fourth-order valence-corrected chi connectivity index (χ4v) is 4.38. The van der Waals surface area contributed by atoms with Crippen LogP contribution in [0.15, 0.2) is 24.3 Å².